The maximum atomic E-state index is 12.9. The van der Waals surface area contributed by atoms with Gasteiger partial charge in [-0.2, -0.15) is 0 Å². The van der Waals surface area contributed by atoms with Crippen LogP contribution in [0.1, 0.15) is 26.4 Å². The lowest BCUT2D eigenvalue weighted by Gasteiger charge is -2.11. The quantitative estimate of drug-likeness (QED) is 0.651. The number of fused-ring (bicyclic) bond motifs is 1. The van der Waals surface area contributed by atoms with Crippen LogP contribution in [0.5, 0.6) is 5.75 Å². The summed E-state index contributed by atoms with van der Waals surface area (Å²) < 4.78 is 6.54. The molecule has 2 nitrogen and oxygen atoms in total. The highest BCUT2D eigenvalue weighted by Crippen LogP contribution is 2.32. The van der Waals surface area contributed by atoms with Crippen molar-refractivity contribution in [2.24, 2.45) is 0 Å². The third kappa shape index (κ3) is 2.45. The van der Waals surface area contributed by atoms with Gasteiger partial charge in [-0.15, -0.1) is 11.3 Å². The monoisotopic (exact) mass is 296 g/mol. The lowest BCUT2D eigenvalue weighted by molar-refractivity contribution is 0.103. The van der Waals surface area contributed by atoms with Crippen molar-refractivity contribution >= 4 is 27.2 Å². The molecule has 3 rings (SSSR count). The number of carbonyl (C=O) groups excluding carboxylic acids is 1. The van der Waals surface area contributed by atoms with E-state index in [1.807, 2.05) is 56.3 Å². The molecule has 0 atom stereocenters. The van der Waals surface area contributed by atoms with E-state index in [4.69, 9.17) is 4.74 Å². The van der Waals surface area contributed by atoms with Gasteiger partial charge in [-0.3, -0.25) is 4.79 Å². The van der Waals surface area contributed by atoms with E-state index in [9.17, 15) is 4.79 Å². The van der Waals surface area contributed by atoms with Crippen molar-refractivity contribution < 1.29 is 9.53 Å². The lowest BCUT2D eigenvalue weighted by atomic mass is 9.99. The summed E-state index contributed by atoms with van der Waals surface area (Å²) >= 11 is 1.53. The van der Waals surface area contributed by atoms with Gasteiger partial charge in [0.25, 0.3) is 0 Å². The Bertz CT molecular complexity index is 797. The third-order valence-electron chi connectivity index (χ3n) is 3.54. The minimum Gasteiger partial charge on any atom is -0.496 e. The Kier molecular flexibility index (Phi) is 3.52. The fourth-order valence-corrected chi connectivity index (χ4v) is 3.61. The maximum absolute atomic E-state index is 12.9. The Hall–Kier alpha value is -2.13. The molecule has 1 aromatic heterocycles. The molecule has 0 aliphatic rings. The summed E-state index contributed by atoms with van der Waals surface area (Å²) in [6.45, 7) is 3.96. The largest absolute Gasteiger partial charge is 0.496 e. The number of ether oxygens (including phenoxy) is 1. The first-order valence-electron chi connectivity index (χ1n) is 6.78. The Morgan fingerprint density at radius 3 is 2.57 bits per heavy atom. The Morgan fingerprint density at radius 1 is 1.10 bits per heavy atom. The van der Waals surface area contributed by atoms with E-state index in [1.165, 1.54) is 11.3 Å². The zero-order valence-electron chi connectivity index (χ0n) is 12.3. The number of methoxy groups -OCH3 is 1. The first kappa shape index (κ1) is 13.8. The summed E-state index contributed by atoms with van der Waals surface area (Å²) in [5, 5.41) is 1.11. The summed E-state index contributed by atoms with van der Waals surface area (Å²) in [6, 6.07) is 13.9. The second kappa shape index (κ2) is 5.34. The topological polar surface area (TPSA) is 26.3 Å². The Labute approximate surface area is 128 Å². The normalized spacial score (nSPS) is 10.8. The van der Waals surface area contributed by atoms with E-state index in [2.05, 4.69) is 0 Å². The van der Waals surface area contributed by atoms with Crippen molar-refractivity contribution in [3.63, 3.8) is 0 Å². The van der Waals surface area contributed by atoms with Crippen LogP contribution in [0.4, 0.5) is 0 Å². The number of rotatable bonds is 3. The van der Waals surface area contributed by atoms with Crippen LogP contribution < -0.4 is 4.74 Å². The van der Waals surface area contributed by atoms with Gasteiger partial charge in [0.1, 0.15) is 5.75 Å². The number of hydrogen-bond donors (Lipinski definition) is 0. The van der Waals surface area contributed by atoms with Crippen LogP contribution in [-0.4, -0.2) is 12.9 Å². The summed E-state index contributed by atoms with van der Waals surface area (Å²) in [6.07, 6.45) is 0. The number of thiophene rings is 1. The number of benzene rings is 2. The minimum absolute atomic E-state index is 0.0329. The maximum Gasteiger partial charge on any atom is 0.206 e. The molecule has 0 bridgehead atoms. The van der Waals surface area contributed by atoms with Gasteiger partial charge in [0.05, 0.1) is 17.6 Å². The average Bonchev–Trinajstić information content (AvgIpc) is 2.89. The Balaban J connectivity index is 2.14. The average molecular weight is 296 g/mol. The SMILES string of the molecule is COc1cc(C)cc(C)c1C(=O)c1cc2ccccc2s1. The molecule has 0 spiro atoms. The van der Waals surface area contributed by atoms with Crippen LogP contribution in [0.15, 0.2) is 42.5 Å². The molecule has 1 heterocycles. The molecule has 3 heteroatoms. The van der Waals surface area contributed by atoms with Crippen LogP contribution >= 0.6 is 11.3 Å². The molecule has 0 amide bonds. The van der Waals surface area contributed by atoms with Crippen LogP contribution in [0.3, 0.4) is 0 Å². The second-order valence-corrected chi connectivity index (χ2v) is 6.22. The predicted octanol–water partition coefficient (Wildman–Crippen LogP) is 4.76. The smallest absolute Gasteiger partial charge is 0.206 e. The van der Waals surface area contributed by atoms with Crippen molar-refractivity contribution in [1.29, 1.82) is 0 Å². The number of carbonyl (C=O) groups is 1. The van der Waals surface area contributed by atoms with Crippen molar-refractivity contribution in [2.75, 3.05) is 7.11 Å². The first-order valence-corrected chi connectivity index (χ1v) is 7.60. The van der Waals surface area contributed by atoms with E-state index < -0.39 is 0 Å². The molecule has 106 valence electrons. The Morgan fingerprint density at radius 2 is 1.86 bits per heavy atom. The van der Waals surface area contributed by atoms with Crippen LogP contribution in [0.25, 0.3) is 10.1 Å². The summed E-state index contributed by atoms with van der Waals surface area (Å²) in [5.41, 5.74) is 2.71. The zero-order chi connectivity index (χ0) is 15.0. The van der Waals surface area contributed by atoms with Crippen molar-refractivity contribution in [3.05, 3.63) is 64.0 Å². The molecule has 0 radical (unpaired) electrons. The summed E-state index contributed by atoms with van der Waals surface area (Å²) in [4.78, 5) is 13.6. The molecule has 0 N–H and O–H groups in total. The van der Waals surface area contributed by atoms with Crippen molar-refractivity contribution in [2.45, 2.75) is 13.8 Å². The number of aryl methyl sites for hydroxylation is 2. The highest BCUT2D eigenvalue weighted by atomic mass is 32.1. The van der Waals surface area contributed by atoms with Gasteiger partial charge >= 0.3 is 0 Å². The molecule has 3 aromatic rings. The fourth-order valence-electron chi connectivity index (χ4n) is 2.60. The van der Waals surface area contributed by atoms with Gasteiger partial charge in [-0.25, -0.2) is 0 Å². The molecule has 0 unspecified atom stereocenters. The minimum atomic E-state index is 0.0329. The van der Waals surface area contributed by atoms with E-state index >= 15 is 0 Å². The van der Waals surface area contributed by atoms with Crippen molar-refractivity contribution in [3.8, 4) is 5.75 Å². The van der Waals surface area contributed by atoms with E-state index in [0.717, 1.165) is 26.1 Å². The summed E-state index contributed by atoms with van der Waals surface area (Å²) in [7, 11) is 1.61. The van der Waals surface area contributed by atoms with Gasteiger partial charge in [0, 0.05) is 4.70 Å². The van der Waals surface area contributed by atoms with Gasteiger partial charge in [-0.05, 0) is 48.6 Å². The molecule has 2 aromatic carbocycles. The molecule has 0 saturated heterocycles. The van der Waals surface area contributed by atoms with Crippen molar-refractivity contribution in [1.82, 2.24) is 0 Å². The molecule has 0 saturated carbocycles. The molecule has 0 fully saturated rings. The number of ketones is 1. The zero-order valence-corrected chi connectivity index (χ0v) is 13.1. The lowest BCUT2D eigenvalue weighted by Crippen LogP contribution is -2.05. The molecule has 0 aliphatic heterocycles. The van der Waals surface area contributed by atoms with Crippen LogP contribution in [-0.2, 0) is 0 Å². The van der Waals surface area contributed by atoms with E-state index in [1.54, 1.807) is 7.11 Å². The summed E-state index contributed by atoms with van der Waals surface area (Å²) in [5.74, 6) is 0.681. The van der Waals surface area contributed by atoms with Gasteiger partial charge in [0.15, 0.2) is 0 Å². The number of hydrogen-bond acceptors (Lipinski definition) is 3. The van der Waals surface area contributed by atoms with E-state index in [-0.39, 0.29) is 5.78 Å². The highest BCUT2D eigenvalue weighted by Gasteiger charge is 2.19. The van der Waals surface area contributed by atoms with Gasteiger partial charge < -0.3 is 4.74 Å². The molecular weight excluding hydrogens is 280 g/mol. The standard InChI is InChI=1S/C18H16O2S/c1-11-8-12(2)17(14(9-11)20-3)18(19)16-10-13-6-4-5-7-15(13)21-16/h4-10H,1-3H3. The fraction of sp³-hybridized carbons (Fsp3) is 0.167. The van der Waals surface area contributed by atoms with Gasteiger partial charge in [-0.1, -0.05) is 24.3 Å². The highest BCUT2D eigenvalue weighted by molar-refractivity contribution is 7.21. The van der Waals surface area contributed by atoms with Crippen LogP contribution in [0, 0.1) is 13.8 Å². The molecular formula is C18H16O2S. The molecule has 0 aliphatic carbocycles. The second-order valence-electron chi connectivity index (χ2n) is 5.14. The van der Waals surface area contributed by atoms with Crippen LogP contribution in [0.2, 0.25) is 0 Å². The van der Waals surface area contributed by atoms with E-state index in [0.29, 0.717) is 11.3 Å². The van der Waals surface area contributed by atoms with Gasteiger partial charge in [0.2, 0.25) is 5.78 Å². The predicted molar refractivity (Wildman–Crippen MR) is 87.7 cm³/mol. The first-order chi connectivity index (χ1) is 10.1. The third-order valence-corrected chi connectivity index (χ3v) is 4.65. The molecule has 21 heavy (non-hydrogen) atoms.